The molecule has 2 saturated heterocycles. The third-order valence-corrected chi connectivity index (χ3v) is 11.7. The Kier molecular flexibility index (Phi) is 10.7. The molecule has 8 rings (SSSR count). The number of aromatic hydroxyl groups is 3. The maximum Gasteiger partial charge on any atom is 0.351 e. The first-order valence-corrected chi connectivity index (χ1v) is 19.2. The van der Waals surface area contributed by atoms with Crippen molar-refractivity contribution in [1.29, 1.82) is 0 Å². The van der Waals surface area contributed by atoms with E-state index in [0.717, 1.165) is 18.2 Å². The van der Waals surface area contributed by atoms with E-state index < -0.39 is 131 Å². The van der Waals surface area contributed by atoms with Gasteiger partial charge in [-0.3, -0.25) is 4.79 Å². The van der Waals surface area contributed by atoms with E-state index in [9.17, 15) is 70.6 Å². The van der Waals surface area contributed by atoms with E-state index in [1.165, 1.54) is 25.4 Å². The molecule has 2 spiro atoms. The Balaban J connectivity index is 1.35. The van der Waals surface area contributed by atoms with Gasteiger partial charge in [0.2, 0.25) is 11.9 Å². The van der Waals surface area contributed by atoms with E-state index >= 15 is 0 Å². The Hall–Kier alpha value is -6.23. The third kappa shape index (κ3) is 6.56. The zero-order chi connectivity index (χ0) is 45.5. The summed E-state index contributed by atoms with van der Waals surface area (Å²) in [4.78, 5) is 40.8. The van der Waals surface area contributed by atoms with Crippen LogP contribution in [0.5, 0.6) is 23.0 Å². The minimum atomic E-state index is -3.01. The molecule has 6 heterocycles. The number of dihydropyridines is 1. The highest BCUT2D eigenvalue weighted by Crippen LogP contribution is 2.53. The van der Waals surface area contributed by atoms with Crippen LogP contribution in [0.2, 0.25) is 0 Å². The molecule has 1 aromatic heterocycles. The summed E-state index contributed by atoms with van der Waals surface area (Å²) in [6.07, 6.45) is -12.6. The number of fused-ring (bicyclic) bond motifs is 4. The standard InChI is InChI=1S/C41H41N3O19/c1-43-24-11-18(16-3-4-25(42)44-14-16)26-23(13-22-27(29(26)49)19(46)12-21(59-22)17-9-15(5-8-45)28(48)20(47)10-17)61-41(24)35(55)32(52)34(54)40(63-41)7-2-6-39(37(56)57)33(53)30(50)31(51)36(62-39)60-38(40)58/h3-4,9-14,18,25,30-36,43-45,47-55H,5,7-8,42H2,1H3,(H,56,57). The van der Waals surface area contributed by atoms with Crippen LogP contribution in [-0.2, 0) is 30.2 Å². The number of phenols is 3. The van der Waals surface area contributed by atoms with Gasteiger partial charge in [0, 0.05) is 54.6 Å². The van der Waals surface area contributed by atoms with Gasteiger partial charge in [-0.1, -0.05) is 17.9 Å². The van der Waals surface area contributed by atoms with Gasteiger partial charge in [0.25, 0.3) is 11.4 Å². The molecule has 22 heteroatoms. The quantitative estimate of drug-likeness (QED) is 0.0658. The predicted octanol–water partition coefficient (Wildman–Crippen LogP) is -3.22. The number of ether oxygens (including phenoxy) is 4. The van der Waals surface area contributed by atoms with Gasteiger partial charge in [-0.25, -0.2) is 9.59 Å². The number of aliphatic hydroxyl groups is 7. The second kappa shape index (κ2) is 15.5. The second-order valence-electron chi connectivity index (χ2n) is 15.4. The summed E-state index contributed by atoms with van der Waals surface area (Å²) in [5.41, 5.74) is -1.14. The van der Waals surface area contributed by atoms with Crippen LogP contribution in [0.3, 0.4) is 0 Å². The molecule has 3 aromatic rings. The number of esters is 1. The number of carbonyl (C=O) groups is 2. The van der Waals surface area contributed by atoms with Crippen molar-refractivity contribution in [2.45, 2.75) is 84.8 Å². The zero-order valence-electron chi connectivity index (χ0n) is 32.7. The number of aliphatic carboxylic acids is 1. The van der Waals surface area contributed by atoms with Crippen molar-refractivity contribution >= 4 is 22.9 Å². The highest BCUT2D eigenvalue weighted by atomic mass is 16.8. The monoisotopic (exact) mass is 879 g/mol. The number of hydrogen-bond acceptors (Lipinski definition) is 21. The van der Waals surface area contributed by atoms with E-state index in [4.69, 9.17) is 29.1 Å². The van der Waals surface area contributed by atoms with Gasteiger partial charge >= 0.3 is 11.9 Å². The summed E-state index contributed by atoms with van der Waals surface area (Å²) >= 11 is 0. The minimum Gasteiger partial charge on any atom is -0.507 e. The Morgan fingerprint density at radius 1 is 0.984 bits per heavy atom. The summed E-state index contributed by atoms with van der Waals surface area (Å²) in [5, 5.41) is 125. The normalized spacial score (nSPS) is 34.7. The fourth-order valence-corrected chi connectivity index (χ4v) is 8.35. The zero-order valence-corrected chi connectivity index (χ0v) is 32.7. The molecule has 5 aliphatic heterocycles. The lowest BCUT2D eigenvalue weighted by Gasteiger charge is -2.52. The van der Waals surface area contributed by atoms with Crippen molar-refractivity contribution in [1.82, 2.24) is 10.6 Å². The molecule has 0 radical (unpaired) electrons. The topological polar surface area (TPSA) is 374 Å². The molecular formula is C41H41N3O19. The highest BCUT2D eigenvalue weighted by Gasteiger charge is 2.69. The van der Waals surface area contributed by atoms with Gasteiger partial charge in [0.1, 0.15) is 58.7 Å². The van der Waals surface area contributed by atoms with Gasteiger partial charge in [-0.2, -0.15) is 0 Å². The van der Waals surface area contributed by atoms with Crippen molar-refractivity contribution in [2.75, 3.05) is 13.7 Å². The molecule has 2 aromatic carbocycles. The van der Waals surface area contributed by atoms with Crippen LogP contribution in [0.15, 0.2) is 69.2 Å². The number of allylic oxidation sites excluding steroid dienone is 3. The predicted molar refractivity (Wildman–Crippen MR) is 209 cm³/mol. The first kappa shape index (κ1) is 43.4. The summed E-state index contributed by atoms with van der Waals surface area (Å²) in [6, 6.07) is 4.56. The summed E-state index contributed by atoms with van der Waals surface area (Å²) < 4.78 is 29.6. The number of phenolic OH excluding ortho intramolecular Hbond substituents is 3. The number of rotatable bonds is 6. The Morgan fingerprint density at radius 2 is 1.73 bits per heavy atom. The molecule has 0 aliphatic carbocycles. The van der Waals surface area contributed by atoms with Crippen LogP contribution in [-0.4, -0.2) is 148 Å². The van der Waals surface area contributed by atoms with Crippen LogP contribution >= 0.6 is 0 Å². The average molecular weight is 880 g/mol. The third-order valence-electron chi connectivity index (χ3n) is 11.7. The van der Waals surface area contributed by atoms with Crippen molar-refractivity contribution < 1.29 is 89.1 Å². The summed E-state index contributed by atoms with van der Waals surface area (Å²) in [6.45, 7) is -0.412. The SMILES string of the molecule is CNC1=CC(C2=CNC(N)C=C2)c2c(cc3oc(-c4cc(O)c(O)c(CCO)c4)cc(=O)c3c2O)OC12OC1(CC#CC3(C(=O)O)OC(OC1=O)C(O)C(O)C3O)C(O)C(O)C2O. The fourth-order valence-electron chi connectivity index (χ4n) is 8.35. The molecule has 2 fully saturated rings. The van der Waals surface area contributed by atoms with Crippen LogP contribution in [0.1, 0.15) is 23.5 Å². The first-order valence-electron chi connectivity index (χ1n) is 19.2. The summed E-state index contributed by atoms with van der Waals surface area (Å²) in [5.74, 6) is -5.76. The lowest BCUT2D eigenvalue weighted by molar-refractivity contribution is -0.354. The van der Waals surface area contributed by atoms with Crippen LogP contribution in [0.25, 0.3) is 22.3 Å². The Labute approximate surface area is 353 Å². The smallest absolute Gasteiger partial charge is 0.351 e. The molecule has 334 valence electrons. The molecule has 0 saturated carbocycles. The molecule has 0 amide bonds. The van der Waals surface area contributed by atoms with Crippen LogP contribution in [0, 0.1) is 11.8 Å². The van der Waals surface area contributed by atoms with Crippen molar-refractivity contribution in [3.8, 4) is 46.2 Å². The molecule has 2 bridgehead atoms. The number of likely N-dealkylation sites (N-methyl/N-ethyl adjacent to an activating group) is 1. The van der Waals surface area contributed by atoms with Crippen LogP contribution in [0.4, 0.5) is 0 Å². The second-order valence-corrected chi connectivity index (χ2v) is 15.4. The molecule has 12 unspecified atom stereocenters. The number of aliphatic hydroxyl groups excluding tert-OH is 7. The Morgan fingerprint density at radius 3 is 2.40 bits per heavy atom. The number of benzene rings is 2. The van der Waals surface area contributed by atoms with Gasteiger partial charge < -0.3 is 95.9 Å². The van der Waals surface area contributed by atoms with Gasteiger partial charge in [-0.05, 0) is 36.3 Å². The number of carboxylic acids is 1. The minimum absolute atomic E-state index is 0.0599. The van der Waals surface area contributed by atoms with Gasteiger partial charge in [0.05, 0.1) is 18.3 Å². The van der Waals surface area contributed by atoms with Crippen molar-refractivity contribution in [3.05, 3.63) is 81.3 Å². The van der Waals surface area contributed by atoms with E-state index in [0.29, 0.717) is 5.57 Å². The first-order chi connectivity index (χ1) is 29.8. The number of carboxylic acid groups (broad SMARTS) is 1. The van der Waals surface area contributed by atoms with Crippen LogP contribution < -0.4 is 26.5 Å². The van der Waals surface area contributed by atoms with Crippen molar-refractivity contribution in [2.24, 2.45) is 5.73 Å². The lowest BCUT2D eigenvalue weighted by Crippen LogP contribution is -2.75. The molecular weight excluding hydrogens is 838 g/mol. The maximum atomic E-state index is 14.4. The molecule has 22 nitrogen and oxygen atoms in total. The van der Waals surface area contributed by atoms with E-state index in [1.807, 2.05) is 0 Å². The van der Waals surface area contributed by atoms with E-state index in [2.05, 4.69) is 22.5 Å². The highest BCUT2D eigenvalue weighted by molar-refractivity contribution is 5.89. The molecule has 5 aliphatic rings. The number of nitrogens with one attached hydrogen (secondary N) is 2. The maximum absolute atomic E-state index is 14.4. The number of nitrogens with two attached hydrogens (primary N) is 1. The summed E-state index contributed by atoms with van der Waals surface area (Å²) in [7, 11) is 1.32. The average Bonchev–Trinajstić information content (AvgIpc) is 3.34. The largest absolute Gasteiger partial charge is 0.507 e. The Bertz CT molecular complexity index is 2630. The van der Waals surface area contributed by atoms with Gasteiger partial charge in [0.15, 0.2) is 23.0 Å². The number of hydrogen-bond donors (Lipinski definition) is 14. The molecule has 63 heavy (non-hydrogen) atoms. The fraction of sp³-hybridized carbons (Fsp3) is 0.390. The lowest BCUT2D eigenvalue weighted by atomic mass is 9.79. The van der Waals surface area contributed by atoms with E-state index in [1.54, 1.807) is 12.2 Å². The molecule has 15 N–H and O–H groups in total. The number of carbonyl (C=O) groups excluding carboxylic acids is 1. The van der Waals surface area contributed by atoms with Gasteiger partial charge in [-0.15, -0.1) is 0 Å². The molecule has 12 atom stereocenters. The van der Waals surface area contributed by atoms with Crippen molar-refractivity contribution in [3.63, 3.8) is 0 Å². The van der Waals surface area contributed by atoms with E-state index in [-0.39, 0.29) is 40.2 Å².